The van der Waals surface area contributed by atoms with Gasteiger partial charge in [0.05, 0.1) is 12.1 Å². The van der Waals surface area contributed by atoms with Crippen LogP contribution in [0.4, 0.5) is 0 Å². The Kier molecular flexibility index (Phi) is 4.38. The topological polar surface area (TPSA) is 29.9 Å². The number of likely N-dealkylation sites (N-methyl/N-ethyl adjacent to an activating group) is 1. The first-order chi connectivity index (χ1) is 9.15. The number of hydrogen-bond acceptors (Lipinski definition) is 2. The first-order valence-electron chi connectivity index (χ1n) is 6.86. The van der Waals surface area contributed by atoms with Crippen LogP contribution in [-0.4, -0.2) is 16.6 Å². The fraction of sp³-hybridized carbons (Fsp3) is 0.438. The van der Waals surface area contributed by atoms with E-state index in [9.17, 15) is 0 Å². The minimum absolute atomic E-state index is 0.286. The first kappa shape index (κ1) is 13.8. The van der Waals surface area contributed by atoms with Crippen molar-refractivity contribution < 1.29 is 0 Å². The van der Waals surface area contributed by atoms with E-state index in [0.29, 0.717) is 12.0 Å². The Morgan fingerprint density at radius 2 is 1.84 bits per heavy atom. The Bertz CT molecular complexity index is 502. The van der Waals surface area contributed by atoms with E-state index in [4.69, 9.17) is 0 Å². The molecular weight excluding hydrogens is 234 g/mol. The molecule has 0 aliphatic carbocycles. The molecule has 3 heteroatoms. The van der Waals surface area contributed by atoms with Gasteiger partial charge in [-0.05, 0) is 25.5 Å². The molecule has 0 fully saturated rings. The number of nitrogens with one attached hydrogen (secondary N) is 1. The highest BCUT2D eigenvalue weighted by atomic mass is 15.1. The zero-order valence-electron chi connectivity index (χ0n) is 12.2. The van der Waals surface area contributed by atoms with Crippen LogP contribution in [0.5, 0.6) is 0 Å². The molecule has 3 nitrogen and oxygen atoms in total. The molecule has 0 spiro atoms. The largest absolute Gasteiger partial charge is 0.330 e. The molecule has 19 heavy (non-hydrogen) atoms. The van der Waals surface area contributed by atoms with Crippen molar-refractivity contribution in [2.75, 3.05) is 7.05 Å². The third kappa shape index (κ3) is 2.87. The Morgan fingerprint density at radius 3 is 2.32 bits per heavy atom. The van der Waals surface area contributed by atoms with Crippen LogP contribution in [0.1, 0.15) is 37.3 Å². The molecular formula is C16H23N3. The molecule has 2 atom stereocenters. The predicted octanol–water partition coefficient (Wildman–Crippen LogP) is 3.35. The van der Waals surface area contributed by atoms with Crippen molar-refractivity contribution in [3.05, 3.63) is 54.1 Å². The van der Waals surface area contributed by atoms with E-state index in [1.165, 1.54) is 5.56 Å². The summed E-state index contributed by atoms with van der Waals surface area (Å²) in [4.78, 5) is 4.37. The third-order valence-corrected chi connectivity index (χ3v) is 3.68. The highest BCUT2D eigenvalue weighted by Gasteiger charge is 2.27. The average molecular weight is 257 g/mol. The van der Waals surface area contributed by atoms with E-state index >= 15 is 0 Å². The van der Waals surface area contributed by atoms with Crippen LogP contribution in [0, 0.1) is 12.8 Å². The fourth-order valence-corrected chi connectivity index (χ4v) is 2.76. The third-order valence-electron chi connectivity index (χ3n) is 3.68. The van der Waals surface area contributed by atoms with Crippen LogP contribution in [0.3, 0.4) is 0 Å². The van der Waals surface area contributed by atoms with Gasteiger partial charge in [0.2, 0.25) is 0 Å². The van der Waals surface area contributed by atoms with Gasteiger partial charge in [0.1, 0.15) is 5.82 Å². The Labute approximate surface area is 115 Å². The number of aromatic nitrogens is 2. The monoisotopic (exact) mass is 257 g/mol. The number of aryl methyl sites for hydroxylation is 1. The maximum Gasteiger partial charge on any atom is 0.105 e. The lowest BCUT2D eigenvalue weighted by Gasteiger charge is -2.32. The second-order valence-electron chi connectivity index (χ2n) is 5.29. The average Bonchev–Trinajstić information content (AvgIpc) is 2.82. The van der Waals surface area contributed by atoms with E-state index in [-0.39, 0.29) is 6.04 Å². The van der Waals surface area contributed by atoms with E-state index in [0.717, 1.165) is 5.82 Å². The lowest BCUT2D eigenvalue weighted by Crippen LogP contribution is -2.31. The normalized spacial score (nSPS) is 14.6. The number of rotatable bonds is 5. The fourth-order valence-electron chi connectivity index (χ4n) is 2.76. The van der Waals surface area contributed by atoms with Crippen LogP contribution >= 0.6 is 0 Å². The maximum atomic E-state index is 4.37. The molecule has 0 saturated carbocycles. The SMILES string of the molecule is CNC(c1ccccc1)C(C(C)C)n1ccnc1C. The van der Waals surface area contributed by atoms with Crippen LogP contribution < -0.4 is 5.32 Å². The van der Waals surface area contributed by atoms with Gasteiger partial charge in [0, 0.05) is 12.4 Å². The van der Waals surface area contributed by atoms with Crippen LogP contribution in [-0.2, 0) is 0 Å². The summed E-state index contributed by atoms with van der Waals surface area (Å²) >= 11 is 0. The van der Waals surface area contributed by atoms with Gasteiger partial charge in [-0.3, -0.25) is 0 Å². The van der Waals surface area contributed by atoms with Gasteiger partial charge < -0.3 is 9.88 Å². The van der Waals surface area contributed by atoms with Gasteiger partial charge in [0.15, 0.2) is 0 Å². The molecule has 1 N–H and O–H groups in total. The van der Waals surface area contributed by atoms with E-state index < -0.39 is 0 Å². The molecule has 102 valence electrons. The summed E-state index contributed by atoms with van der Waals surface area (Å²) in [5, 5.41) is 3.47. The highest BCUT2D eigenvalue weighted by molar-refractivity contribution is 5.21. The lowest BCUT2D eigenvalue weighted by atomic mass is 9.91. The standard InChI is InChI=1S/C16H23N3/c1-12(2)16(19-11-10-18-13(19)3)15(17-4)14-8-6-5-7-9-14/h5-12,15-17H,1-4H3. The number of nitrogens with zero attached hydrogens (tertiary/aromatic N) is 2. The van der Waals surface area contributed by atoms with Gasteiger partial charge in [-0.2, -0.15) is 0 Å². The Balaban J connectivity index is 2.40. The zero-order chi connectivity index (χ0) is 13.8. The predicted molar refractivity (Wildman–Crippen MR) is 79.1 cm³/mol. The smallest absolute Gasteiger partial charge is 0.105 e. The summed E-state index contributed by atoms with van der Waals surface area (Å²) in [6.07, 6.45) is 3.95. The van der Waals surface area contributed by atoms with Crippen LogP contribution in [0.25, 0.3) is 0 Å². The minimum Gasteiger partial charge on any atom is -0.330 e. The maximum absolute atomic E-state index is 4.37. The van der Waals surface area contributed by atoms with E-state index in [1.807, 2.05) is 13.2 Å². The number of imidazole rings is 1. The molecule has 0 aliphatic rings. The molecule has 1 aromatic heterocycles. The lowest BCUT2D eigenvalue weighted by molar-refractivity contribution is 0.285. The summed E-state index contributed by atoms with van der Waals surface area (Å²) in [6.45, 7) is 6.59. The molecule has 0 radical (unpaired) electrons. The van der Waals surface area contributed by atoms with Gasteiger partial charge in [-0.15, -0.1) is 0 Å². The molecule has 2 unspecified atom stereocenters. The number of hydrogen-bond donors (Lipinski definition) is 1. The van der Waals surface area contributed by atoms with Crippen molar-refractivity contribution in [1.29, 1.82) is 0 Å². The van der Waals surface area contributed by atoms with E-state index in [2.05, 4.69) is 72.2 Å². The van der Waals surface area contributed by atoms with Crippen molar-refractivity contribution in [2.45, 2.75) is 32.9 Å². The van der Waals surface area contributed by atoms with Crippen molar-refractivity contribution in [2.24, 2.45) is 5.92 Å². The molecule has 0 amide bonds. The summed E-state index contributed by atoms with van der Waals surface area (Å²) in [5.74, 6) is 1.58. The Morgan fingerprint density at radius 1 is 1.16 bits per heavy atom. The molecule has 0 bridgehead atoms. The summed E-state index contributed by atoms with van der Waals surface area (Å²) < 4.78 is 2.28. The summed E-state index contributed by atoms with van der Waals surface area (Å²) in [5.41, 5.74) is 1.32. The highest BCUT2D eigenvalue weighted by Crippen LogP contribution is 2.32. The van der Waals surface area contributed by atoms with Crippen molar-refractivity contribution in [1.82, 2.24) is 14.9 Å². The van der Waals surface area contributed by atoms with Crippen LogP contribution in [0.2, 0.25) is 0 Å². The summed E-state index contributed by atoms with van der Waals surface area (Å²) in [6, 6.07) is 11.3. The first-order valence-corrected chi connectivity index (χ1v) is 6.86. The molecule has 1 aromatic carbocycles. The van der Waals surface area contributed by atoms with Gasteiger partial charge >= 0.3 is 0 Å². The van der Waals surface area contributed by atoms with Gasteiger partial charge in [-0.25, -0.2) is 4.98 Å². The quantitative estimate of drug-likeness (QED) is 0.890. The van der Waals surface area contributed by atoms with Crippen LogP contribution in [0.15, 0.2) is 42.7 Å². The minimum atomic E-state index is 0.286. The number of benzene rings is 1. The summed E-state index contributed by atoms with van der Waals surface area (Å²) in [7, 11) is 2.03. The van der Waals surface area contributed by atoms with Crippen molar-refractivity contribution in [3.8, 4) is 0 Å². The van der Waals surface area contributed by atoms with Gasteiger partial charge in [0.25, 0.3) is 0 Å². The second-order valence-corrected chi connectivity index (χ2v) is 5.29. The van der Waals surface area contributed by atoms with Crippen molar-refractivity contribution >= 4 is 0 Å². The van der Waals surface area contributed by atoms with E-state index in [1.54, 1.807) is 0 Å². The molecule has 2 aromatic rings. The molecule has 1 heterocycles. The molecule has 0 saturated heterocycles. The Hall–Kier alpha value is -1.61. The van der Waals surface area contributed by atoms with Crippen molar-refractivity contribution in [3.63, 3.8) is 0 Å². The van der Waals surface area contributed by atoms with Gasteiger partial charge in [-0.1, -0.05) is 44.2 Å². The molecule has 0 aliphatic heterocycles. The second kappa shape index (κ2) is 6.02. The zero-order valence-corrected chi connectivity index (χ0v) is 12.2. The molecule has 2 rings (SSSR count).